The highest BCUT2D eigenvalue weighted by Crippen LogP contribution is 2.54. The van der Waals surface area contributed by atoms with Crippen molar-refractivity contribution in [3.05, 3.63) is 30.3 Å². The van der Waals surface area contributed by atoms with Crippen LogP contribution in [0.4, 0.5) is 0 Å². The molecule has 0 saturated heterocycles. The van der Waals surface area contributed by atoms with Crippen LogP contribution in [0.5, 0.6) is 40.2 Å². The van der Waals surface area contributed by atoms with Crippen molar-refractivity contribution < 1.29 is 37.9 Å². The van der Waals surface area contributed by atoms with Gasteiger partial charge in [0.1, 0.15) is 16.9 Å². The number of ether oxygens (including phenoxy) is 6. The fourth-order valence-electron chi connectivity index (χ4n) is 4.08. The van der Waals surface area contributed by atoms with Crippen molar-refractivity contribution in [2.45, 2.75) is 0 Å². The van der Waals surface area contributed by atoms with E-state index in [-0.39, 0.29) is 26.1 Å². The van der Waals surface area contributed by atoms with E-state index in [2.05, 4.69) is 0 Å². The van der Waals surface area contributed by atoms with Crippen LogP contribution in [0.2, 0.25) is 0 Å². The van der Waals surface area contributed by atoms with Gasteiger partial charge in [-0.05, 0) is 12.1 Å². The Morgan fingerprint density at radius 1 is 0.621 bits per heavy atom. The molecule has 0 fully saturated rings. The minimum absolute atomic E-state index is 0.0366. The number of fused-ring (bicyclic) bond motifs is 6. The third-order valence-electron chi connectivity index (χ3n) is 5.35. The van der Waals surface area contributed by atoms with Crippen LogP contribution in [0, 0.1) is 0 Å². The Balaban J connectivity index is 1.62. The zero-order valence-electron chi connectivity index (χ0n) is 14.8. The fourth-order valence-corrected chi connectivity index (χ4v) is 4.08. The molecule has 0 spiro atoms. The van der Waals surface area contributed by atoms with Gasteiger partial charge in [-0.2, -0.15) is 0 Å². The van der Waals surface area contributed by atoms with Crippen LogP contribution in [-0.4, -0.2) is 25.5 Å². The lowest BCUT2D eigenvalue weighted by atomic mass is 9.96. The number of benzene rings is 3. The molecule has 29 heavy (non-hydrogen) atoms. The summed E-state index contributed by atoms with van der Waals surface area (Å²) in [6, 6.07) is 8.74. The SMILES string of the molecule is Oc1cc2c(cc1-c1c3c(cc4oc5cc6c(cc5c14)OCO6)OCO3)OCO2. The average Bonchev–Trinajstić information content (AvgIpc) is 3.48. The van der Waals surface area contributed by atoms with E-state index in [1.807, 2.05) is 6.07 Å². The van der Waals surface area contributed by atoms with Crippen LogP contribution in [0.1, 0.15) is 0 Å². The van der Waals surface area contributed by atoms with Crippen LogP contribution in [0.15, 0.2) is 34.7 Å². The molecule has 8 heteroatoms. The molecular weight excluding hydrogens is 380 g/mol. The molecule has 0 bridgehead atoms. The summed E-state index contributed by atoms with van der Waals surface area (Å²) < 4.78 is 39.4. The van der Waals surface area contributed by atoms with Gasteiger partial charge in [0.05, 0.1) is 0 Å². The molecule has 1 N–H and O–H groups in total. The first kappa shape index (κ1) is 15.0. The minimum Gasteiger partial charge on any atom is -0.507 e. The smallest absolute Gasteiger partial charge is 0.231 e. The highest BCUT2D eigenvalue weighted by atomic mass is 16.7. The second kappa shape index (κ2) is 5.11. The normalized spacial score (nSPS) is 15.6. The first-order valence-corrected chi connectivity index (χ1v) is 8.98. The molecular formula is C21H12O8. The number of hydrogen-bond acceptors (Lipinski definition) is 8. The molecule has 4 heterocycles. The standard InChI is InChI=1S/C21H12O8/c22-11-3-15-13(23-6-25-15)1-9(11)20-19-10-2-14-16(26-7-24-14)4-12(10)29-17(19)5-18-21(20)28-8-27-18/h1-5,22H,6-8H2. The Morgan fingerprint density at radius 3 is 2.07 bits per heavy atom. The molecule has 0 atom stereocenters. The molecule has 0 amide bonds. The van der Waals surface area contributed by atoms with Gasteiger partial charge in [-0.25, -0.2) is 0 Å². The van der Waals surface area contributed by atoms with Gasteiger partial charge in [0.25, 0.3) is 0 Å². The van der Waals surface area contributed by atoms with Crippen molar-refractivity contribution in [3.63, 3.8) is 0 Å². The fraction of sp³-hybridized carbons (Fsp3) is 0.143. The van der Waals surface area contributed by atoms with E-state index in [9.17, 15) is 5.11 Å². The summed E-state index contributed by atoms with van der Waals surface area (Å²) in [4.78, 5) is 0. The van der Waals surface area contributed by atoms with Crippen molar-refractivity contribution in [1.29, 1.82) is 0 Å². The summed E-state index contributed by atoms with van der Waals surface area (Å²) in [5.41, 5.74) is 2.42. The Hall–Kier alpha value is -3.94. The predicted molar refractivity (Wildman–Crippen MR) is 99.2 cm³/mol. The molecule has 3 aliphatic rings. The summed E-state index contributed by atoms with van der Waals surface area (Å²) in [7, 11) is 0. The molecule has 0 unspecified atom stereocenters. The minimum atomic E-state index is 0.0366. The van der Waals surface area contributed by atoms with Crippen molar-refractivity contribution >= 4 is 21.9 Å². The second-order valence-corrected chi connectivity index (χ2v) is 6.88. The van der Waals surface area contributed by atoms with Gasteiger partial charge in [0, 0.05) is 40.1 Å². The first-order valence-electron chi connectivity index (χ1n) is 8.98. The van der Waals surface area contributed by atoms with Crippen molar-refractivity contribution in [2.24, 2.45) is 0 Å². The molecule has 3 aromatic carbocycles. The molecule has 0 saturated carbocycles. The van der Waals surface area contributed by atoms with Crippen LogP contribution in [-0.2, 0) is 0 Å². The maximum Gasteiger partial charge on any atom is 0.231 e. The van der Waals surface area contributed by atoms with Crippen LogP contribution in [0.25, 0.3) is 33.1 Å². The number of rotatable bonds is 1. The average molecular weight is 392 g/mol. The summed E-state index contributed by atoms with van der Waals surface area (Å²) in [5.74, 6) is 3.42. The molecule has 7 rings (SSSR count). The van der Waals surface area contributed by atoms with E-state index in [1.54, 1.807) is 18.2 Å². The van der Waals surface area contributed by atoms with E-state index in [0.717, 1.165) is 10.8 Å². The monoisotopic (exact) mass is 392 g/mol. The van der Waals surface area contributed by atoms with Gasteiger partial charge in [-0.1, -0.05) is 0 Å². The van der Waals surface area contributed by atoms with E-state index in [4.69, 9.17) is 32.8 Å². The summed E-state index contributed by atoms with van der Waals surface area (Å²) in [5, 5.41) is 12.4. The van der Waals surface area contributed by atoms with Crippen LogP contribution >= 0.6 is 0 Å². The number of phenols is 1. The highest BCUT2D eigenvalue weighted by Gasteiger charge is 2.30. The van der Waals surface area contributed by atoms with E-state index >= 15 is 0 Å². The van der Waals surface area contributed by atoms with Crippen molar-refractivity contribution in [2.75, 3.05) is 20.4 Å². The molecule has 3 aliphatic heterocycles. The van der Waals surface area contributed by atoms with Gasteiger partial charge >= 0.3 is 0 Å². The Bertz CT molecular complexity index is 1350. The zero-order valence-corrected chi connectivity index (χ0v) is 14.8. The first-order chi connectivity index (χ1) is 14.3. The summed E-state index contributed by atoms with van der Waals surface area (Å²) >= 11 is 0. The topological polar surface area (TPSA) is 88.8 Å². The number of aromatic hydroxyl groups is 1. The summed E-state index contributed by atoms with van der Waals surface area (Å²) in [6.45, 7) is 0.366. The molecule has 8 nitrogen and oxygen atoms in total. The Morgan fingerprint density at radius 2 is 1.24 bits per heavy atom. The van der Waals surface area contributed by atoms with Gasteiger partial charge in [-0.3, -0.25) is 0 Å². The maximum atomic E-state index is 10.8. The van der Waals surface area contributed by atoms with E-state index in [0.29, 0.717) is 56.8 Å². The lowest BCUT2D eigenvalue weighted by molar-refractivity contribution is 0.173. The Labute approximate surface area is 162 Å². The van der Waals surface area contributed by atoms with Crippen molar-refractivity contribution in [3.8, 4) is 51.4 Å². The number of furan rings is 1. The quantitative estimate of drug-likeness (QED) is 0.517. The van der Waals surface area contributed by atoms with E-state index in [1.165, 1.54) is 6.07 Å². The Kier molecular flexibility index (Phi) is 2.65. The third-order valence-corrected chi connectivity index (χ3v) is 5.35. The van der Waals surface area contributed by atoms with Crippen molar-refractivity contribution in [1.82, 2.24) is 0 Å². The van der Waals surface area contributed by atoms with E-state index < -0.39 is 0 Å². The molecule has 1 aromatic heterocycles. The molecule has 0 aliphatic carbocycles. The molecule has 0 radical (unpaired) electrons. The highest BCUT2D eigenvalue weighted by molar-refractivity contribution is 6.16. The lowest BCUT2D eigenvalue weighted by Gasteiger charge is -2.11. The summed E-state index contributed by atoms with van der Waals surface area (Å²) in [6.07, 6.45) is 0. The molecule has 4 aromatic rings. The lowest BCUT2D eigenvalue weighted by Crippen LogP contribution is -1.94. The van der Waals surface area contributed by atoms with Gasteiger partial charge < -0.3 is 37.9 Å². The van der Waals surface area contributed by atoms with Crippen LogP contribution in [0.3, 0.4) is 0 Å². The second-order valence-electron chi connectivity index (χ2n) is 6.88. The molecule has 144 valence electrons. The largest absolute Gasteiger partial charge is 0.507 e. The number of phenolic OH excluding ortho intramolecular Hbond substituents is 1. The van der Waals surface area contributed by atoms with Gasteiger partial charge in [-0.15, -0.1) is 0 Å². The van der Waals surface area contributed by atoms with Gasteiger partial charge in [0.2, 0.25) is 20.4 Å². The number of hydrogen-bond donors (Lipinski definition) is 1. The predicted octanol–water partition coefficient (Wildman–Crippen LogP) is 4.14. The van der Waals surface area contributed by atoms with Crippen LogP contribution < -0.4 is 28.4 Å². The van der Waals surface area contributed by atoms with Gasteiger partial charge in [0.15, 0.2) is 34.5 Å². The maximum absolute atomic E-state index is 10.8. The zero-order chi connectivity index (χ0) is 19.1. The third kappa shape index (κ3) is 1.92.